The monoisotopic (exact) mass is 443 g/mol. The fraction of sp³-hybridized carbons (Fsp3) is 0.522. The van der Waals surface area contributed by atoms with Gasteiger partial charge in [0.2, 0.25) is 5.91 Å². The highest BCUT2D eigenvalue weighted by Gasteiger charge is 2.33. The van der Waals surface area contributed by atoms with Crippen LogP contribution in [0.3, 0.4) is 0 Å². The minimum atomic E-state index is -0.624. The van der Waals surface area contributed by atoms with E-state index in [2.05, 4.69) is 10.3 Å². The third-order valence-corrected chi connectivity index (χ3v) is 6.72. The number of carbonyl (C=O) groups excluding carboxylic acids is 2. The van der Waals surface area contributed by atoms with Gasteiger partial charge in [0.05, 0.1) is 23.0 Å². The van der Waals surface area contributed by atoms with Crippen molar-refractivity contribution in [3.05, 3.63) is 28.6 Å². The molecular weight excluding hydrogens is 414 g/mol. The predicted molar refractivity (Wildman–Crippen MR) is 121 cm³/mol. The van der Waals surface area contributed by atoms with Crippen LogP contribution in [0.5, 0.6) is 5.75 Å². The van der Waals surface area contributed by atoms with Gasteiger partial charge in [0.25, 0.3) is 5.91 Å². The molecular formula is C23H29N3O4S. The maximum absolute atomic E-state index is 12.9. The highest BCUT2D eigenvalue weighted by Crippen LogP contribution is 2.37. The number of carbonyl (C=O) groups is 2. The van der Waals surface area contributed by atoms with Gasteiger partial charge in [0.1, 0.15) is 12.3 Å². The van der Waals surface area contributed by atoms with E-state index in [-0.39, 0.29) is 24.4 Å². The minimum Gasteiger partial charge on any atom is -0.479 e. The van der Waals surface area contributed by atoms with Crippen LogP contribution in [0, 0.1) is 0 Å². The predicted octanol–water partition coefficient (Wildman–Crippen LogP) is 3.56. The number of methoxy groups -OCH3 is 1. The van der Waals surface area contributed by atoms with Crippen LogP contribution < -0.4 is 15.0 Å². The van der Waals surface area contributed by atoms with Crippen LogP contribution in [-0.2, 0) is 20.7 Å². The van der Waals surface area contributed by atoms with Crippen LogP contribution in [-0.4, -0.2) is 49.2 Å². The van der Waals surface area contributed by atoms with Gasteiger partial charge in [-0.05, 0) is 38.0 Å². The largest absolute Gasteiger partial charge is 0.479 e. The second-order valence-corrected chi connectivity index (χ2v) is 9.08. The number of benzene rings is 1. The van der Waals surface area contributed by atoms with E-state index < -0.39 is 6.10 Å². The van der Waals surface area contributed by atoms with Gasteiger partial charge < -0.3 is 14.8 Å². The van der Waals surface area contributed by atoms with E-state index in [1.54, 1.807) is 30.3 Å². The summed E-state index contributed by atoms with van der Waals surface area (Å²) in [5.74, 6) is 0.278. The van der Waals surface area contributed by atoms with Crippen molar-refractivity contribution in [1.29, 1.82) is 0 Å². The van der Waals surface area contributed by atoms with E-state index in [4.69, 9.17) is 9.47 Å². The number of rotatable bonds is 7. The van der Waals surface area contributed by atoms with Crippen LogP contribution >= 0.6 is 11.3 Å². The molecule has 7 nitrogen and oxygen atoms in total. The molecule has 2 amide bonds. The second-order valence-electron chi connectivity index (χ2n) is 8.14. The standard InChI is InChI=1S/C23H29N3O4S/c1-15-23(28)26(13-21(27)24-17-6-4-3-5-7-17)19-12-16(8-9-20(19)30-15)18-14-31-22(25-18)10-11-29-2/h8-9,12,14-15,17H,3-7,10-11,13H2,1-2H3,(H,24,27). The van der Waals surface area contributed by atoms with Crippen molar-refractivity contribution in [3.63, 3.8) is 0 Å². The van der Waals surface area contributed by atoms with Crippen molar-refractivity contribution in [2.24, 2.45) is 0 Å². The van der Waals surface area contributed by atoms with Crippen LogP contribution in [0.4, 0.5) is 5.69 Å². The number of nitrogens with one attached hydrogen (secondary N) is 1. The third-order valence-electron chi connectivity index (χ3n) is 5.81. The van der Waals surface area contributed by atoms with Gasteiger partial charge in [0.15, 0.2) is 6.10 Å². The Labute approximate surface area is 186 Å². The topological polar surface area (TPSA) is 80.8 Å². The molecule has 4 rings (SSSR count). The summed E-state index contributed by atoms with van der Waals surface area (Å²) in [6, 6.07) is 5.90. The fourth-order valence-corrected chi connectivity index (χ4v) is 4.93. The molecule has 1 aliphatic carbocycles. The number of anilines is 1. The van der Waals surface area contributed by atoms with Crippen LogP contribution in [0.25, 0.3) is 11.3 Å². The molecule has 1 saturated carbocycles. The second kappa shape index (κ2) is 9.78. The van der Waals surface area contributed by atoms with E-state index >= 15 is 0 Å². The summed E-state index contributed by atoms with van der Waals surface area (Å²) in [5.41, 5.74) is 2.35. The lowest BCUT2D eigenvalue weighted by Crippen LogP contribution is -2.50. The normalized spacial score (nSPS) is 19.1. The third kappa shape index (κ3) is 5.07. The Morgan fingerprint density at radius 1 is 1.32 bits per heavy atom. The van der Waals surface area contributed by atoms with E-state index in [0.717, 1.165) is 48.4 Å². The van der Waals surface area contributed by atoms with E-state index in [9.17, 15) is 9.59 Å². The summed E-state index contributed by atoms with van der Waals surface area (Å²) in [6.45, 7) is 2.34. The summed E-state index contributed by atoms with van der Waals surface area (Å²) in [7, 11) is 1.68. The first kappa shape index (κ1) is 21.8. The van der Waals surface area contributed by atoms with Gasteiger partial charge in [0, 0.05) is 30.5 Å². The van der Waals surface area contributed by atoms with Crippen molar-refractivity contribution in [2.45, 2.75) is 57.6 Å². The lowest BCUT2D eigenvalue weighted by molar-refractivity contribution is -0.128. The van der Waals surface area contributed by atoms with Gasteiger partial charge in [-0.1, -0.05) is 19.3 Å². The molecule has 2 aliphatic rings. The van der Waals surface area contributed by atoms with E-state index in [0.29, 0.717) is 18.0 Å². The summed E-state index contributed by atoms with van der Waals surface area (Å²) in [6.07, 6.45) is 5.67. The van der Waals surface area contributed by atoms with E-state index in [1.807, 2.05) is 23.6 Å². The molecule has 8 heteroatoms. The number of ether oxygens (including phenoxy) is 2. The van der Waals surface area contributed by atoms with E-state index in [1.165, 1.54) is 6.42 Å². The summed E-state index contributed by atoms with van der Waals surface area (Å²) < 4.78 is 10.9. The summed E-state index contributed by atoms with van der Waals surface area (Å²) >= 11 is 1.59. The van der Waals surface area contributed by atoms with Gasteiger partial charge in [-0.15, -0.1) is 11.3 Å². The first-order valence-electron chi connectivity index (χ1n) is 10.9. The molecule has 1 aliphatic heterocycles. The Bertz CT molecular complexity index is 939. The lowest BCUT2D eigenvalue weighted by atomic mass is 9.95. The molecule has 0 bridgehead atoms. The average molecular weight is 444 g/mol. The number of hydrogen-bond acceptors (Lipinski definition) is 6. The fourth-order valence-electron chi connectivity index (χ4n) is 4.14. The van der Waals surface area contributed by atoms with Crippen molar-refractivity contribution in [3.8, 4) is 17.0 Å². The highest BCUT2D eigenvalue weighted by atomic mass is 32.1. The highest BCUT2D eigenvalue weighted by molar-refractivity contribution is 7.09. The molecule has 2 aromatic rings. The molecule has 166 valence electrons. The Hall–Kier alpha value is -2.45. The lowest BCUT2D eigenvalue weighted by Gasteiger charge is -2.33. The van der Waals surface area contributed by atoms with Crippen LogP contribution in [0.2, 0.25) is 0 Å². The quantitative estimate of drug-likeness (QED) is 0.708. The number of aromatic nitrogens is 1. The number of hydrogen-bond donors (Lipinski definition) is 1. The molecule has 1 fully saturated rings. The van der Waals surface area contributed by atoms with Gasteiger partial charge >= 0.3 is 0 Å². The molecule has 1 unspecified atom stereocenters. The molecule has 2 heterocycles. The zero-order valence-corrected chi connectivity index (χ0v) is 18.9. The van der Waals surface area contributed by atoms with Gasteiger partial charge in [-0.25, -0.2) is 4.98 Å². The molecule has 1 aromatic carbocycles. The molecule has 1 atom stereocenters. The maximum Gasteiger partial charge on any atom is 0.268 e. The van der Waals surface area contributed by atoms with Gasteiger partial charge in [-0.3, -0.25) is 14.5 Å². The smallest absolute Gasteiger partial charge is 0.268 e. The first-order valence-corrected chi connectivity index (χ1v) is 11.8. The zero-order chi connectivity index (χ0) is 21.8. The van der Waals surface area contributed by atoms with Crippen LogP contribution in [0.1, 0.15) is 44.0 Å². The Morgan fingerprint density at radius 2 is 2.13 bits per heavy atom. The molecule has 0 radical (unpaired) electrons. The van der Waals surface area contributed by atoms with Crippen LogP contribution in [0.15, 0.2) is 23.6 Å². The SMILES string of the molecule is COCCc1nc(-c2ccc3c(c2)N(CC(=O)NC2CCCCC2)C(=O)C(C)O3)cs1. The Balaban J connectivity index is 1.54. The molecule has 0 spiro atoms. The van der Waals surface area contributed by atoms with Crippen molar-refractivity contribution in [1.82, 2.24) is 10.3 Å². The maximum atomic E-state index is 12.9. The van der Waals surface area contributed by atoms with Crippen molar-refractivity contribution < 1.29 is 19.1 Å². The number of amides is 2. The average Bonchev–Trinajstić information content (AvgIpc) is 3.25. The van der Waals surface area contributed by atoms with Crippen molar-refractivity contribution in [2.75, 3.05) is 25.2 Å². The number of nitrogens with zero attached hydrogens (tertiary/aromatic N) is 2. The first-order chi connectivity index (χ1) is 15.0. The molecule has 31 heavy (non-hydrogen) atoms. The van der Waals surface area contributed by atoms with Crippen molar-refractivity contribution >= 4 is 28.8 Å². The summed E-state index contributed by atoms with van der Waals surface area (Å²) in [4.78, 5) is 31.8. The van der Waals surface area contributed by atoms with Gasteiger partial charge in [-0.2, -0.15) is 0 Å². The number of thiazole rings is 1. The molecule has 1 N–H and O–H groups in total. The molecule has 1 aromatic heterocycles. The Kier molecular flexibility index (Phi) is 6.87. The minimum absolute atomic E-state index is 0.00432. The molecule has 0 saturated heterocycles. The zero-order valence-electron chi connectivity index (χ0n) is 18.1. The Morgan fingerprint density at radius 3 is 2.90 bits per heavy atom. The number of fused-ring (bicyclic) bond motifs is 1. The summed E-state index contributed by atoms with van der Waals surface area (Å²) in [5, 5.41) is 6.11.